The van der Waals surface area contributed by atoms with Gasteiger partial charge in [-0.1, -0.05) is 18.2 Å². The summed E-state index contributed by atoms with van der Waals surface area (Å²) in [5.74, 6) is -0.640. The van der Waals surface area contributed by atoms with Crippen LogP contribution in [0.15, 0.2) is 63.8 Å². The SMILES string of the molecule is O=C(Nc1ccccc1)c1cc2cc([N+](=O)[O-])ccc2oc1=O. The molecule has 0 saturated heterocycles. The van der Waals surface area contributed by atoms with E-state index in [0.717, 1.165) is 0 Å². The summed E-state index contributed by atoms with van der Waals surface area (Å²) in [6.45, 7) is 0. The van der Waals surface area contributed by atoms with Gasteiger partial charge in [0, 0.05) is 23.2 Å². The van der Waals surface area contributed by atoms with Crippen molar-refractivity contribution in [3.8, 4) is 0 Å². The zero-order chi connectivity index (χ0) is 16.4. The summed E-state index contributed by atoms with van der Waals surface area (Å²) in [6.07, 6.45) is 0. The molecule has 0 spiro atoms. The lowest BCUT2D eigenvalue weighted by Crippen LogP contribution is -2.20. The predicted octanol–water partition coefficient (Wildman–Crippen LogP) is 2.95. The molecule has 1 N–H and O–H groups in total. The third-order valence-electron chi connectivity index (χ3n) is 3.20. The highest BCUT2D eigenvalue weighted by molar-refractivity contribution is 6.05. The largest absolute Gasteiger partial charge is 0.422 e. The first-order chi connectivity index (χ1) is 11.0. The molecule has 0 unspecified atom stereocenters. The first-order valence-corrected chi connectivity index (χ1v) is 6.63. The number of para-hydroxylation sites is 1. The normalized spacial score (nSPS) is 10.4. The van der Waals surface area contributed by atoms with E-state index < -0.39 is 16.5 Å². The minimum atomic E-state index is -0.806. The Bertz CT molecular complexity index is 963. The fourth-order valence-electron chi connectivity index (χ4n) is 2.10. The van der Waals surface area contributed by atoms with Crippen molar-refractivity contribution in [3.63, 3.8) is 0 Å². The number of carbonyl (C=O) groups excluding carboxylic acids is 1. The maximum atomic E-state index is 12.2. The molecule has 0 aliphatic carbocycles. The van der Waals surface area contributed by atoms with E-state index in [1.807, 2.05) is 0 Å². The second kappa shape index (κ2) is 5.72. The molecule has 1 aromatic heterocycles. The molecule has 0 radical (unpaired) electrons. The predicted molar refractivity (Wildman–Crippen MR) is 83.5 cm³/mol. The maximum absolute atomic E-state index is 12.2. The summed E-state index contributed by atoms with van der Waals surface area (Å²) in [4.78, 5) is 34.4. The van der Waals surface area contributed by atoms with Gasteiger partial charge in [-0.05, 0) is 24.3 Å². The van der Waals surface area contributed by atoms with Gasteiger partial charge in [-0.15, -0.1) is 0 Å². The number of non-ortho nitro benzene ring substituents is 1. The van der Waals surface area contributed by atoms with Gasteiger partial charge in [0.2, 0.25) is 0 Å². The van der Waals surface area contributed by atoms with Crippen LogP contribution in [0.25, 0.3) is 11.0 Å². The summed E-state index contributed by atoms with van der Waals surface area (Å²) in [7, 11) is 0. The highest BCUT2D eigenvalue weighted by Crippen LogP contribution is 2.20. The van der Waals surface area contributed by atoms with Crippen molar-refractivity contribution in [2.24, 2.45) is 0 Å². The van der Waals surface area contributed by atoms with Gasteiger partial charge in [-0.25, -0.2) is 4.79 Å². The molecule has 0 saturated carbocycles. The molecule has 7 nitrogen and oxygen atoms in total. The zero-order valence-corrected chi connectivity index (χ0v) is 11.7. The lowest BCUT2D eigenvalue weighted by atomic mass is 10.1. The molecule has 0 atom stereocenters. The Morgan fingerprint density at radius 2 is 1.83 bits per heavy atom. The van der Waals surface area contributed by atoms with Crippen LogP contribution in [0.2, 0.25) is 0 Å². The Labute approximate surface area is 129 Å². The fourth-order valence-corrected chi connectivity index (χ4v) is 2.10. The number of anilines is 1. The topological polar surface area (TPSA) is 102 Å². The fraction of sp³-hybridized carbons (Fsp3) is 0. The standard InChI is InChI=1S/C16H10N2O5/c19-15(17-11-4-2-1-3-5-11)13-9-10-8-12(18(21)22)6-7-14(10)23-16(13)20/h1-9H,(H,17,19). The molecular weight excluding hydrogens is 300 g/mol. The number of benzene rings is 2. The average molecular weight is 310 g/mol. The first kappa shape index (κ1) is 14.5. The summed E-state index contributed by atoms with van der Waals surface area (Å²) in [6, 6.07) is 13.7. The van der Waals surface area contributed by atoms with Gasteiger partial charge in [-0.3, -0.25) is 14.9 Å². The number of fused-ring (bicyclic) bond motifs is 1. The van der Waals surface area contributed by atoms with Crippen LogP contribution in [0.4, 0.5) is 11.4 Å². The second-order valence-corrected chi connectivity index (χ2v) is 4.75. The first-order valence-electron chi connectivity index (χ1n) is 6.63. The minimum Gasteiger partial charge on any atom is -0.422 e. The molecule has 3 aromatic rings. The zero-order valence-electron chi connectivity index (χ0n) is 11.7. The molecule has 0 fully saturated rings. The number of hydrogen-bond acceptors (Lipinski definition) is 5. The van der Waals surface area contributed by atoms with Crippen LogP contribution in [-0.2, 0) is 0 Å². The van der Waals surface area contributed by atoms with Gasteiger partial charge in [0.05, 0.1) is 4.92 Å². The third-order valence-corrected chi connectivity index (χ3v) is 3.20. The van der Waals surface area contributed by atoms with Crippen molar-refractivity contribution in [2.45, 2.75) is 0 Å². The molecule has 2 aromatic carbocycles. The number of amides is 1. The van der Waals surface area contributed by atoms with Gasteiger partial charge in [-0.2, -0.15) is 0 Å². The Morgan fingerprint density at radius 1 is 1.09 bits per heavy atom. The highest BCUT2D eigenvalue weighted by Gasteiger charge is 2.15. The van der Waals surface area contributed by atoms with E-state index in [-0.39, 0.29) is 16.8 Å². The van der Waals surface area contributed by atoms with Gasteiger partial charge in [0.25, 0.3) is 11.6 Å². The highest BCUT2D eigenvalue weighted by atomic mass is 16.6. The van der Waals surface area contributed by atoms with Crippen molar-refractivity contribution in [3.05, 3.63) is 80.7 Å². The average Bonchev–Trinajstić information content (AvgIpc) is 2.54. The van der Waals surface area contributed by atoms with Gasteiger partial charge < -0.3 is 9.73 Å². The Balaban J connectivity index is 2.02. The Morgan fingerprint density at radius 3 is 2.52 bits per heavy atom. The molecular formula is C16H10N2O5. The molecule has 0 aliphatic rings. The molecule has 0 bridgehead atoms. The van der Waals surface area contributed by atoms with Crippen molar-refractivity contribution in [1.82, 2.24) is 0 Å². The van der Waals surface area contributed by atoms with Gasteiger partial charge in [0.15, 0.2) is 0 Å². The number of nitrogens with zero attached hydrogens (tertiary/aromatic N) is 1. The van der Waals surface area contributed by atoms with Crippen molar-refractivity contribution in [2.75, 3.05) is 5.32 Å². The van der Waals surface area contributed by atoms with E-state index in [0.29, 0.717) is 11.1 Å². The number of carbonyl (C=O) groups is 1. The summed E-state index contributed by atoms with van der Waals surface area (Å²) >= 11 is 0. The number of rotatable bonds is 3. The van der Waals surface area contributed by atoms with Crippen LogP contribution in [0.5, 0.6) is 0 Å². The van der Waals surface area contributed by atoms with E-state index in [9.17, 15) is 19.7 Å². The van der Waals surface area contributed by atoms with Crippen LogP contribution in [-0.4, -0.2) is 10.8 Å². The van der Waals surface area contributed by atoms with E-state index in [4.69, 9.17) is 4.42 Å². The maximum Gasteiger partial charge on any atom is 0.349 e. The molecule has 0 aliphatic heterocycles. The van der Waals surface area contributed by atoms with Gasteiger partial charge >= 0.3 is 5.63 Å². The molecule has 1 amide bonds. The van der Waals surface area contributed by atoms with Gasteiger partial charge in [0.1, 0.15) is 11.1 Å². The second-order valence-electron chi connectivity index (χ2n) is 4.75. The van der Waals surface area contributed by atoms with Crippen molar-refractivity contribution in [1.29, 1.82) is 0 Å². The van der Waals surface area contributed by atoms with Crippen molar-refractivity contribution < 1.29 is 14.1 Å². The Hall–Kier alpha value is -3.48. The van der Waals surface area contributed by atoms with Crippen LogP contribution in [0, 0.1) is 10.1 Å². The van der Waals surface area contributed by atoms with E-state index >= 15 is 0 Å². The van der Waals surface area contributed by atoms with Crippen LogP contribution >= 0.6 is 0 Å². The molecule has 23 heavy (non-hydrogen) atoms. The van der Waals surface area contributed by atoms with Crippen molar-refractivity contribution >= 4 is 28.3 Å². The molecule has 3 rings (SSSR count). The van der Waals surface area contributed by atoms with E-state index in [1.54, 1.807) is 30.3 Å². The lowest BCUT2D eigenvalue weighted by molar-refractivity contribution is -0.384. The minimum absolute atomic E-state index is 0.152. The summed E-state index contributed by atoms with van der Waals surface area (Å²) < 4.78 is 5.05. The van der Waals surface area contributed by atoms with E-state index in [2.05, 4.69) is 5.32 Å². The summed E-state index contributed by atoms with van der Waals surface area (Å²) in [5.41, 5.74) is -0.477. The van der Waals surface area contributed by atoms with Crippen LogP contribution in [0.3, 0.4) is 0 Å². The summed E-state index contributed by atoms with van der Waals surface area (Å²) in [5, 5.41) is 13.7. The van der Waals surface area contributed by atoms with E-state index in [1.165, 1.54) is 24.3 Å². The monoisotopic (exact) mass is 310 g/mol. The molecule has 114 valence electrons. The van der Waals surface area contributed by atoms with Crippen LogP contribution in [0.1, 0.15) is 10.4 Å². The van der Waals surface area contributed by atoms with Crippen LogP contribution < -0.4 is 10.9 Å². The number of nitro benzene ring substituents is 1. The number of hydrogen-bond donors (Lipinski definition) is 1. The molecule has 1 heterocycles. The smallest absolute Gasteiger partial charge is 0.349 e. The molecule has 7 heteroatoms. The Kier molecular flexibility index (Phi) is 3.60. The quantitative estimate of drug-likeness (QED) is 0.455. The number of nitrogens with one attached hydrogen (secondary N) is 1. The number of nitro groups is 1. The third kappa shape index (κ3) is 2.93. The lowest BCUT2D eigenvalue weighted by Gasteiger charge is -2.05.